The number of ether oxygens (including phenoxy) is 2. The number of rotatable bonds is 6. The summed E-state index contributed by atoms with van der Waals surface area (Å²) in [6.07, 6.45) is 1.31. The minimum absolute atomic E-state index is 0.0151. The van der Waals surface area contributed by atoms with E-state index in [0.717, 1.165) is 11.1 Å². The molecule has 3 aromatic rings. The van der Waals surface area contributed by atoms with Crippen molar-refractivity contribution in [2.45, 2.75) is 6.92 Å². The van der Waals surface area contributed by atoms with Crippen LogP contribution in [-0.4, -0.2) is 34.8 Å². The van der Waals surface area contributed by atoms with Crippen molar-refractivity contribution in [3.63, 3.8) is 0 Å². The Labute approximate surface area is 166 Å². The maximum Gasteiger partial charge on any atom is 0.343 e. The molecular formula is C20H18ClN3O4. The summed E-state index contributed by atoms with van der Waals surface area (Å²) in [6.45, 7) is 1.93. The molecule has 3 rings (SSSR count). The first-order valence-corrected chi connectivity index (χ1v) is 8.84. The molecule has 2 N–H and O–H groups in total. The Morgan fingerprint density at radius 1 is 1.25 bits per heavy atom. The van der Waals surface area contributed by atoms with E-state index in [4.69, 9.17) is 21.1 Å². The number of aromatic hydroxyl groups is 1. The van der Waals surface area contributed by atoms with Gasteiger partial charge in [-0.05, 0) is 42.3 Å². The van der Waals surface area contributed by atoms with Gasteiger partial charge in [0, 0.05) is 11.8 Å². The summed E-state index contributed by atoms with van der Waals surface area (Å²) in [5, 5.41) is 12.8. The highest BCUT2D eigenvalue weighted by molar-refractivity contribution is 6.28. The molecule has 0 fully saturated rings. The fourth-order valence-corrected chi connectivity index (χ4v) is 2.83. The number of nitrogens with zero attached hydrogens (tertiary/aromatic N) is 2. The van der Waals surface area contributed by atoms with E-state index in [0.29, 0.717) is 11.4 Å². The number of carbonyl (C=O) groups is 1. The molecular weight excluding hydrogens is 382 g/mol. The summed E-state index contributed by atoms with van der Waals surface area (Å²) in [5.74, 6) is 0.289. The molecule has 0 amide bonds. The van der Waals surface area contributed by atoms with Gasteiger partial charge in [-0.2, -0.15) is 4.98 Å². The molecule has 28 heavy (non-hydrogen) atoms. The molecule has 0 saturated carbocycles. The van der Waals surface area contributed by atoms with Crippen molar-refractivity contribution in [3.8, 4) is 22.6 Å². The van der Waals surface area contributed by atoms with Gasteiger partial charge in [0.2, 0.25) is 5.28 Å². The van der Waals surface area contributed by atoms with Gasteiger partial charge in [0.25, 0.3) is 0 Å². The van der Waals surface area contributed by atoms with Crippen molar-refractivity contribution in [1.82, 2.24) is 9.97 Å². The number of hydrogen-bond acceptors (Lipinski definition) is 7. The molecule has 8 heteroatoms. The Morgan fingerprint density at radius 2 is 2.04 bits per heavy atom. The number of phenolic OH excluding ortho intramolecular Hbond substituents is 1. The number of benzene rings is 2. The number of para-hydroxylation sites is 1. The number of phenols is 1. The lowest BCUT2D eigenvalue weighted by molar-refractivity contribution is 0.0526. The maximum absolute atomic E-state index is 12.2. The zero-order valence-corrected chi connectivity index (χ0v) is 16.0. The Kier molecular flexibility index (Phi) is 5.96. The summed E-state index contributed by atoms with van der Waals surface area (Å²) in [6, 6.07) is 12.3. The number of esters is 1. The molecule has 0 unspecified atom stereocenters. The van der Waals surface area contributed by atoms with Crippen LogP contribution in [0.3, 0.4) is 0 Å². The van der Waals surface area contributed by atoms with E-state index in [1.165, 1.54) is 13.3 Å². The second-order valence-electron chi connectivity index (χ2n) is 5.68. The minimum atomic E-state index is -0.565. The molecule has 0 aliphatic rings. The van der Waals surface area contributed by atoms with Gasteiger partial charge >= 0.3 is 5.97 Å². The zero-order chi connectivity index (χ0) is 20.1. The molecule has 0 aliphatic carbocycles. The Bertz CT molecular complexity index is 1010. The Balaban J connectivity index is 2.05. The van der Waals surface area contributed by atoms with Gasteiger partial charge in [0.1, 0.15) is 22.9 Å². The van der Waals surface area contributed by atoms with Gasteiger partial charge in [-0.3, -0.25) is 0 Å². The Morgan fingerprint density at radius 3 is 2.75 bits per heavy atom. The summed E-state index contributed by atoms with van der Waals surface area (Å²) >= 11 is 5.91. The number of hydrogen-bond donors (Lipinski definition) is 2. The van der Waals surface area contributed by atoms with E-state index in [1.807, 2.05) is 18.2 Å². The van der Waals surface area contributed by atoms with E-state index >= 15 is 0 Å². The van der Waals surface area contributed by atoms with Crippen LogP contribution in [0.1, 0.15) is 17.3 Å². The molecule has 1 heterocycles. The van der Waals surface area contributed by atoms with Crippen molar-refractivity contribution < 1.29 is 19.4 Å². The van der Waals surface area contributed by atoms with Gasteiger partial charge in [-0.15, -0.1) is 0 Å². The van der Waals surface area contributed by atoms with Crippen LogP contribution in [0, 0.1) is 0 Å². The van der Waals surface area contributed by atoms with Crippen LogP contribution in [0.4, 0.5) is 11.5 Å². The highest BCUT2D eigenvalue weighted by Gasteiger charge is 2.18. The van der Waals surface area contributed by atoms with Crippen LogP contribution in [0.15, 0.2) is 48.7 Å². The highest BCUT2D eigenvalue weighted by atomic mass is 35.5. The van der Waals surface area contributed by atoms with E-state index < -0.39 is 5.97 Å². The SMILES string of the molecule is CCOC(=O)c1cnc(Cl)nc1Nc1cccc(-c2cccc(O)c2)c1OC. The fraction of sp³-hybridized carbons (Fsp3) is 0.150. The Hall–Kier alpha value is -3.32. The minimum Gasteiger partial charge on any atom is -0.508 e. The van der Waals surface area contributed by atoms with Gasteiger partial charge < -0.3 is 19.9 Å². The predicted octanol–water partition coefficient (Wildman–Crippen LogP) is 4.43. The molecule has 0 radical (unpaired) electrons. The van der Waals surface area contributed by atoms with Gasteiger partial charge in [-0.25, -0.2) is 9.78 Å². The molecule has 0 spiro atoms. The zero-order valence-electron chi connectivity index (χ0n) is 15.3. The van der Waals surface area contributed by atoms with Crippen LogP contribution in [0.25, 0.3) is 11.1 Å². The fourth-order valence-electron chi connectivity index (χ4n) is 2.70. The lowest BCUT2D eigenvalue weighted by Gasteiger charge is -2.16. The van der Waals surface area contributed by atoms with Crippen molar-refractivity contribution in [2.24, 2.45) is 0 Å². The van der Waals surface area contributed by atoms with E-state index in [1.54, 1.807) is 31.2 Å². The average molecular weight is 400 g/mol. The lowest BCUT2D eigenvalue weighted by atomic mass is 10.0. The second kappa shape index (κ2) is 8.58. The molecule has 0 atom stereocenters. The third-order valence-electron chi connectivity index (χ3n) is 3.88. The van der Waals surface area contributed by atoms with E-state index in [9.17, 15) is 9.90 Å². The molecule has 0 aliphatic heterocycles. The monoisotopic (exact) mass is 399 g/mol. The molecule has 144 valence electrons. The van der Waals surface area contributed by atoms with Crippen LogP contribution in [-0.2, 0) is 4.74 Å². The first kappa shape index (κ1) is 19.4. The number of methoxy groups -OCH3 is 1. The van der Waals surface area contributed by atoms with Crippen molar-refractivity contribution in [3.05, 3.63) is 59.5 Å². The summed E-state index contributed by atoms with van der Waals surface area (Å²) in [7, 11) is 1.53. The van der Waals surface area contributed by atoms with E-state index in [-0.39, 0.29) is 29.0 Å². The first-order valence-electron chi connectivity index (χ1n) is 8.46. The number of nitrogens with one attached hydrogen (secondary N) is 1. The third-order valence-corrected chi connectivity index (χ3v) is 4.07. The van der Waals surface area contributed by atoms with Crippen molar-refractivity contribution >= 4 is 29.1 Å². The lowest BCUT2D eigenvalue weighted by Crippen LogP contribution is -2.10. The molecule has 1 aromatic heterocycles. The largest absolute Gasteiger partial charge is 0.508 e. The molecule has 2 aromatic carbocycles. The standard InChI is InChI=1S/C20H18ClN3O4/c1-3-28-19(26)15-11-22-20(21)24-18(15)23-16-9-5-8-14(17(16)27-2)12-6-4-7-13(25)10-12/h4-11,25H,3H2,1-2H3,(H,22,23,24). The van der Waals surface area contributed by atoms with Gasteiger partial charge in [0.05, 0.1) is 19.4 Å². The second-order valence-corrected chi connectivity index (χ2v) is 6.02. The number of anilines is 2. The average Bonchev–Trinajstić information content (AvgIpc) is 2.68. The maximum atomic E-state index is 12.2. The number of carbonyl (C=O) groups excluding carboxylic acids is 1. The van der Waals surface area contributed by atoms with Gasteiger partial charge in [0.15, 0.2) is 0 Å². The van der Waals surface area contributed by atoms with Crippen LogP contribution in [0.5, 0.6) is 11.5 Å². The molecule has 7 nitrogen and oxygen atoms in total. The predicted molar refractivity (Wildman–Crippen MR) is 106 cm³/mol. The smallest absolute Gasteiger partial charge is 0.343 e. The summed E-state index contributed by atoms with van der Waals surface area (Å²) in [5.41, 5.74) is 2.23. The number of halogens is 1. The molecule has 0 bridgehead atoms. The van der Waals surface area contributed by atoms with Gasteiger partial charge in [-0.1, -0.05) is 24.3 Å². The summed E-state index contributed by atoms with van der Waals surface area (Å²) < 4.78 is 10.6. The van der Waals surface area contributed by atoms with Crippen LogP contribution in [0.2, 0.25) is 5.28 Å². The third kappa shape index (κ3) is 4.15. The van der Waals surface area contributed by atoms with Crippen LogP contribution >= 0.6 is 11.6 Å². The molecule has 0 saturated heterocycles. The summed E-state index contributed by atoms with van der Waals surface area (Å²) in [4.78, 5) is 20.2. The van der Waals surface area contributed by atoms with Crippen LogP contribution < -0.4 is 10.1 Å². The highest BCUT2D eigenvalue weighted by Crippen LogP contribution is 2.38. The van der Waals surface area contributed by atoms with Crippen molar-refractivity contribution in [2.75, 3.05) is 19.0 Å². The quantitative estimate of drug-likeness (QED) is 0.467. The first-order chi connectivity index (χ1) is 13.5. The normalized spacial score (nSPS) is 10.4. The van der Waals surface area contributed by atoms with E-state index in [2.05, 4.69) is 15.3 Å². The topological polar surface area (TPSA) is 93.6 Å². The van der Waals surface area contributed by atoms with Crippen molar-refractivity contribution in [1.29, 1.82) is 0 Å². The number of aromatic nitrogens is 2.